The van der Waals surface area contributed by atoms with E-state index in [1.54, 1.807) is 31.6 Å². The maximum Gasteiger partial charge on any atom is 0.286 e. The highest BCUT2D eigenvalue weighted by Gasteiger charge is 2.32. The number of carbonyl (C=O) groups excluding carboxylic acids is 2. The number of methoxy groups -OCH3 is 1. The first kappa shape index (κ1) is 23.1. The molecule has 3 aromatic rings. The maximum absolute atomic E-state index is 13.0. The number of anilines is 3. The Labute approximate surface area is 206 Å². The first-order valence-corrected chi connectivity index (χ1v) is 12.1. The number of amides is 2. The van der Waals surface area contributed by atoms with Crippen molar-refractivity contribution in [3.8, 4) is 5.75 Å². The van der Waals surface area contributed by atoms with Gasteiger partial charge >= 0.3 is 0 Å². The molecule has 2 N–H and O–H groups in total. The molecule has 0 radical (unpaired) electrons. The fourth-order valence-corrected chi connectivity index (χ4v) is 4.78. The molecule has 1 fully saturated rings. The van der Waals surface area contributed by atoms with Gasteiger partial charge in [-0.05, 0) is 29.8 Å². The third-order valence-electron chi connectivity index (χ3n) is 5.78. The second kappa shape index (κ2) is 10.3. The van der Waals surface area contributed by atoms with Crippen LogP contribution in [0, 0.1) is 0 Å². The Kier molecular flexibility index (Phi) is 6.84. The lowest BCUT2D eigenvalue weighted by Crippen LogP contribution is -2.43. The number of piperazine rings is 1. The molecule has 12 heteroatoms. The summed E-state index contributed by atoms with van der Waals surface area (Å²) in [6, 6.07) is 7.24. The predicted molar refractivity (Wildman–Crippen MR) is 132 cm³/mol. The van der Waals surface area contributed by atoms with Gasteiger partial charge in [0.15, 0.2) is 0 Å². The van der Waals surface area contributed by atoms with Crippen LogP contribution in [0.25, 0.3) is 0 Å². The van der Waals surface area contributed by atoms with Gasteiger partial charge in [0.2, 0.25) is 10.1 Å². The van der Waals surface area contributed by atoms with E-state index in [1.165, 1.54) is 4.90 Å². The highest BCUT2D eigenvalue weighted by molar-refractivity contribution is 7.17. The molecule has 5 rings (SSSR count). The summed E-state index contributed by atoms with van der Waals surface area (Å²) in [5.41, 5.74) is 2.94. The average molecular weight is 496 g/mol. The van der Waals surface area contributed by atoms with Crippen molar-refractivity contribution in [3.63, 3.8) is 0 Å². The molecule has 2 aromatic heterocycles. The third kappa shape index (κ3) is 4.94. The number of aromatic nitrogens is 3. The summed E-state index contributed by atoms with van der Waals surface area (Å²) in [6.45, 7) is 4.68. The molecule has 4 heterocycles. The topological polar surface area (TPSA) is 122 Å². The Morgan fingerprint density at radius 2 is 2.06 bits per heavy atom. The van der Waals surface area contributed by atoms with Crippen molar-refractivity contribution in [1.82, 2.24) is 20.5 Å². The lowest BCUT2D eigenvalue weighted by Gasteiger charge is -2.30. The minimum absolute atomic E-state index is 0.169. The number of rotatable bonds is 8. The summed E-state index contributed by atoms with van der Waals surface area (Å²) in [6.07, 6.45) is 3.34. The van der Waals surface area contributed by atoms with E-state index in [0.717, 1.165) is 48.8 Å². The number of hydrogen-bond donors (Lipinski definition) is 2. The molecule has 0 bridgehead atoms. The van der Waals surface area contributed by atoms with Gasteiger partial charge in [-0.1, -0.05) is 11.3 Å². The number of fused-ring (bicyclic) bond motifs is 1. The second-order valence-electron chi connectivity index (χ2n) is 8.03. The summed E-state index contributed by atoms with van der Waals surface area (Å²) < 4.78 is 10.7. The summed E-state index contributed by atoms with van der Waals surface area (Å²) in [5, 5.41) is 14.9. The van der Waals surface area contributed by atoms with Crippen LogP contribution in [0.5, 0.6) is 5.75 Å². The first-order valence-electron chi connectivity index (χ1n) is 11.2. The average Bonchev–Trinajstić information content (AvgIpc) is 3.50. The summed E-state index contributed by atoms with van der Waals surface area (Å²) in [5.74, 6) is 0.0977. The predicted octanol–water partition coefficient (Wildman–Crippen LogP) is 1.78. The van der Waals surface area contributed by atoms with Crippen molar-refractivity contribution in [3.05, 3.63) is 52.8 Å². The molecule has 182 valence electrons. The van der Waals surface area contributed by atoms with Gasteiger partial charge in [0.05, 0.1) is 30.7 Å². The lowest BCUT2D eigenvalue weighted by atomic mass is 10.1. The fourth-order valence-electron chi connectivity index (χ4n) is 4.04. The number of pyridine rings is 1. The van der Waals surface area contributed by atoms with Crippen molar-refractivity contribution in [2.75, 3.05) is 61.6 Å². The molecule has 0 unspecified atom stereocenters. The van der Waals surface area contributed by atoms with Crippen molar-refractivity contribution < 1.29 is 19.1 Å². The van der Waals surface area contributed by atoms with E-state index >= 15 is 0 Å². The molecule has 0 spiro atoms. The minimum atomic E-state index is -0.392. The quantitative estimate of drug-likeness (QED) is 0.450. The zero-order chi connectivity index (χ0) is 24.2. The Hall–Kier alpha value is -3.61. The smallest absolute Gasteiger partial charge is 0.286 e. The molecule has 1 saturated heterocycles. The Balaban J connectivity index is 1.28. The number of carbonyl (C=O) groups is 2. The molecule has 35 heavy (non-hydrogen) atoms. The number of nitrogens with one attached hydrogen (secondary N) is 2. The monoisotopic (exact) mass is 495 g/mol. The molecule has 11 nitrogen and oxygen atoms in total. The third-order valence-corrected chi connectivity index (χ3v) is 6.73. The molecule has 0 aliphatic carbocycles. The van der Waals surface area contributed by atoms with Gasteiger partial charge in [0.1, 0.15) is 12.4 Å². The van der Waals surface area contributed by atoms with Crippen LogP contribution in [0.1, 0.15) is 25.7 Å². The Bertz CT molecular complexity index is 1230. The van der Waals surface area contributed by atoms with E-state index in [1.807, 2.05) is 12.1 Å². The molecule has 0 saturated carbocycles. The van der Waals surface area contributed by atoms with Crippen LogP contribution in [0.4, 0.5) is 16.5 Å². The van der Waals surface area contributed by atoms with Gasteiger partial charge in [-0.3, -0.25) is 19.5 Å². The van der Waals surface area contributed by atoms with E-state index in [4.69, 9.17) is 9.47 Å². The second-order valence-corrected chi connectivity index (χ2v) is 8.98. The molecule has 2 aliphatic rings. The molecular weight excluding hydrogens is 470 g/mol. The van der Waals surface area contributed by atoms with Crippen LogP contribution in [0.2, 0.25) is 0 Å². The van der Waals surface area contributed by atoms with Gasteiger partial charge in [-0.15, -0.1) is 10.2 Å². The lowest BCUT2D eigenvalue weighted by molar-refractivity contribution is 0.0994. The molecule has 1 aromatic carbocycles. The van der Waals surface area contributed by atoms with Crippen molar-refractivity contribution in [1.29, 1.82) is 0 Å². The van der Waals surface area contributed by atoms with Crippen LogP contribution in [0.15, 0.2) is 36.7 Å². The largest absolute Gasteiger partial charge is 0.491 e. The first-order chi connectivity index (χ1) is 17.1. The van der Waals surface area contributed by atoms with E-state index in [9.17, 15) is 9.59 Å². The van der Waals surface area contributed by atoms with Crippen LogP contribution < -0.4 is 25.2 Å². The zero-order valence-corrected chi connectivity index (χ0v) is 20.0. The van der Waals surface area contributed by atoms with Gasteiger partial charge in [0, 0.05) is 45.0 Å². The summed E-state index contributed by atoms with van der Waals surface area (Å²) in [7, 11) is 1.61. The zero-order valence-electron chi connectivity index (χ0n) is 19.2. The summed E-state index contributed by atoms with van der Waals surface area (Å²) in [4.78, 5) is 33.8. The number of hydrogen-bond acceptors (Lipinski definition) is 10. The van der Waals surface area contributed by atoms with Crippen molar-refractivity contribution in [2.24, 2.45) is 0 Å². The fraction of sp³-hybridized carbons (Fsp3) is 0.348. The van der Waals surface area contributed by atoms with Crippen molar-refractivity contribution >= 4 is 39.7 Å². The number of benzene rings is 1. The summed E-state index contributed by atoms with van der Waals surface area (Å²) >= 11 is 1.07. The Morgan fingerprint density at radius 3 is 2.89 bits per heavy atom. The van der Waals surface area contributed by atoms with E-state index in [0.29, 0.717) is 41.9 Å². The van der Waals surface area contributed by atoms with E-state index in [-0.39, 0.29) is 10.9 Å². The SMILES string of the molecule is COCCOc1ccc2c(c1)CN(c1nnc(C(=O)Nc3cnccc3N3CCNCC3)s1)C2=O. The highest BCUT2D eigenvalue weighted by atomic mass is 32.1. The van der Waals surface area contributed by atoms with Crippen LogP contribution in [0.3, 0.4) is 0 Å². The maximum atomic E-state index is 13.0. The highest BCUT2D eigenvalue weighted by Crippen LogP contribution is 2.33. The van der Waals surface area contributed by atoms with Gasteiger partial charge in [-0.25, -0.2) is 0 Å². The molecule has 2 aliphatic heterocycles. The number of nitrogens with zero attached hydrogens (tertiary/aromatic N) is 5. The molecular formula is C23H25N7O4S. The molecule has 0 atom stereocenters. The molecule has 2 amide bonds. The standard InChI is InChI=1S/C23H25N7O4S/c1-33-10-11-34-16-2-3-17-15(12-16)14-30(22(17)32)23-28-27-21(35-23)20(31)26-18-13-25-5-4-19(18)29-8-6-24-7-9-29/h2-5,12-13,24H,6-11,14H2,1H3,(H,26,31). The van der Waals surface area contributed by atoms with E-state index < -0.39 is 5.91 Å². The van der Waals surface area contributed by atoms with Crippen LogP contribution in [-0.4, -0.2) is 73.5 Å². The van der Waals surface area contributed by atoms with Gasteiger partial charge in [-0.2, -0.15) is 0 Å². The van der Waals surface area contributed by atoms with Crippen LogP contribution >= 0.6 is 11.3 Å². The van der Waals surface area contributed by atoms with E-state index in [2.05, 4.69) is 30.7 Å². The Morgan fingerprint density at radius 1 is 1.20 bits per heavy atom. The van der Waals surface area contributed by atoms with Gasteiger partial charge < -0.3 is 25.0 Å². The van der Waals surface area contributed by atoms with Gasteiger partial charge in [0.25, 0.3) is 11.8 Å². The number of ether oxygens (including phenoxy) is 2. The minimum Gasteiger partial charge on any atom is -0.491 e. The van der Waals surface area contributed by atoms with Crippen molar-refractivity contribution in [2.45, 2.75) is 6.54 Å². The van der Waals surface area contributed by atoms with Crippen LogP contribution in [-0.2, 0) is 11.3 Å². The normalized spacial score (nSPS) is 15.3.